The highest BCUT2D eigenvalue weighted by molar-refractivity contribution is 7.14. The quantitative estimate of drug-likeness (QED) is 0.471. The van der Waals surface area contributed by atoms with Crippen LogP contribution in [0.25, 0.3) is 11.4 Å². The summed E-state index contributed by atoms with van der Waals surface area (Å²) in [4.78, 5) is 13.4. The van der Waals surface area contributed by atoms with E-state index >= 15 is 0 Å². The van der Waals surface area contributed by atoms with Gasteiger partial charge in [0.15, 0.2) is 11.1 Å². The van der Waals surface area contributed by atoms with Crippen LogP contribution in [0.4, 0.5) is 5.13 Å². The van der Waals surface area contributed by atoms with Gasteiger partial charge in [-0.2, -0.15) is 0 Å². The minimum Gasteiger partial charge on any atom is -0.490 e. The molecule has 3 heterocycles. The van der Waals surface area contributed by atoms with Gasteiger partial charge >= 0.3 is 0 Å². The van der Waals surface area contributed by atoms with Crippen molar-refractivity contribution in [3.63, 3.8) is 0 Å². The Morgan fingerprint density at radius 1 is 1.10 bits per heavy atom. The third-order valence-corrected chi connectivity index (χ3v) is 5.54. The molecule has 0 saturated carbocycles. The highest BCUT2D eigenvalue weighted by Crippen LogP contribution is 2.29. The number of aliphatic hydroxyl groups excluding tert-OH is 1. The van der Waals surface area contributed by atoms with Crippen molar-refractivity contribution in [2.45, 2.75) is 13.0 Å². The molecule has 0 spiro atoms. The van der Waals surface area contributed by atoms with Gasteiger partial charge in [0.05, 0.1) is 6.61 Å². The van der Waals surface area contributed by atoms with Gasteiger partial charge in [0.25, 0.3) is 5.19 Å². The molecular formula is C19H21N5O3S2. The largest absolute Gasteiger partial charge is 0.490 e. The summed E-state index contributed by atoms with van der Waals surface area (Å²) in [6, 6.07) is 7.36. The second-order valence-corrected chi connectivity index (χ2v) is 7.85. The van der Waals surface area contributed by atoms with Gasteiger partial charge in [-0.1, -0.05) is 23.5 Å². The van der Waals surface area contributed by atoms with Crippen molar-refractivity contribution < 1.29 is 14.6 Å². The van der Waals surface area contributed by atoms with Crippen LogP contribution in [0.15, 0.2) is 40.0 Å². The molecule has 29 heavy (non-hydrogen) atoms. The highest BCUT2D eigenvalue weighted by Gasteiger charge is 2.12. The minimum atomic E-state index is -0.00588. The molecule has 0 atom stereocenters. The SMILES string of the molecule is OCc1cccc(OCCOc2nc(-c3csc(NC4=NCCCN4)n3)cs2)c1. The van der Waals surface area contributed by atoms with Crippen molar-refractivity contribution in [1.82, 2.24) is 15.3 Å². The fourth-order valence-corrected chi connectivity index (χ4v) is 4.02. The number of rotatable bonds is 8. The summed E-state index contributed by atoms with van der Waals surface area (Å²) in [6.45, 7) is 2.52. The zero-order valence-corrected chi connectivity index (χ0v) is 17.3. The summed E-state index contributed by atoms with van der Waals surface area (Å²) < 4.78 is 11.3. The molecule has 3 aromatic rings. The van der Waals surface area contributed by atoms with Crippen LogP contribution >= 0.6 is 22.7 Å². The molecule has 2 aromatic heterocycles. The lowest BCUT2D eigenvalue weighted by Gasteiger charge is -2.13. The van der Waals surface area contributed by atoms with Crippen LogP contribution in [0.3, 0.4) is 0 Å². The van der Waals surface area contributed by atoms with Crippen molar-refractivity contribution in [2.75, 3.05) is 31.6 Å². The molecule has 0 saturated heterocycles. The van der Waals surface area contributed by atoms with E-state index in [1.54, 1.807) is 0 Å². The van der Waals surface area contributed by atoms with E-state index in [-0.39, 0.29) is 6.61 Å². The lowest BCUT2D eigenvalue weighted by molar-refractivity contribution is 0.216. The average Bonchev–Trinajstić information content (AvgIpc) is 3.42. The number of thiazole rings is 2. The van der Waals surface area contributed by atoms with E-state index in [4.69, 9.17) is 14.6 Å². The van der Waals surface area contributed by atoms with Crippen molar-refractivity contribution in [2.24, 2.45) is 4.99 Å². The zero-order valence-electron chi connectivity index (χ0n) is 15.6. The first-order chi connectivity index (χ1) is 14.3. The average molecular weight is 432 g/mol. The molecule has 0 radical (unpaired) electrons. The first kappa shape index (κ1) is 19.6. The summed E-state index contributed by atoms with van der Waals surface area (Å²) in [5.74, 6) is 1.48. The maximum absolute atomic E-state index is 9.16. The van der Waals surface area contributed by atoms with E-state index in [0.29, 0.717) is 24.2 Å². The van der Waals surface area contributed by atoms with Crippen molar-refractivity contribution >= 4 is 33.8 Å². The van der Waals surface area contributed by atoms with Gasteiger partial charge in [-0.3, -0.25) is 4.99 Å². The summed E-state index contributed by atoms with van der Waals surface area (Å²) in [5, 5.41) is 20.8. The summed E-state index contributed by atoms with van der Waals surface area (Å²) >= 11 is 2.94. The number of aliphatic imine (C=N–C) groups is 1. The molecule has 1 aromatic carbocycles. The van der Waals surface area contributed by atoms with Gasteiger partial charge in [0, 0.05) is 23.8 Å². The Balaban J connectivity index is 1.26. The Bertz CT molecular complexity index is 972. The summed E-state index contributed by atoms with van der Waals surface area (Å²) in [7, 11) is 0. The smallest absolute Gasteiger partial charge is 0.273 e. The van der Waals surface area contributed by atoms with E-state index < -0.39 is 0 Å². The monoisotopic (exact) mass is 431 g/mol. The molecule has 10 heteroatoms. The van der Waals surface area contributed by atoms with Crippen molar-refractivity contribution in [1.29, 1.82) is 0 Å². The van der Waals surface area contributed by atoms with Gasteiger partial charge in [0.1, 0.15) is 30.4 Å². The van der Waals surface area contributed by atoms with Gasteiger partial charge in [-0.15, -0.1) is 11.3 Å². The minimum absolute atomic E-state index is 0.00588. The number of nitrogens with one attached hydrogen (secondary N) is 2. The Morgan fingerprint density at radius 3 is 2.83 bits per heavy atom. The second-order valence-electron chi connectivity index (χ2n) is 6.17. The van der Waals surface area contributed by atoms with Crippen LogP contribution in [0, 0.1) is 0 Å². The second kappa shape index (κ2) is 9.68. The van der Waals surface area contributed by atoms with E-state index in [0.717, 1.165) is 47.6 Å². The van der Waals surface area contributed by atoms with Crippen LogP contribution in [-0.2, 0) is 6.61 Å². The normalized spacial score (nSPS) is 13.5. The molecule has 4 rings (SSSR count). The lowest BCUT2D eigenvalue weighted by atomic mass is 10.2. The molecule has 0 fully saturated rings. The number of aromatic nitrogens is 2. The third kappa shape index (κ3) is 5.43. The number of aliphatic hydroxyl groups is 1. The van der Waals surface area contributed by atoms with Gasteiger partial charge in [0.2, 0.25) is 0 Å². The Kier molecular flexibility index (Phi) is 6.55. The third-order valence-electron chi connectivity index (χ3n) is 4.03. The van der Waals surface area contributed by atoms with Crippen molar-refractivity contribution in [3.8, 4) is 22.3 Å². The molecule has 8 nitrogen and oxygen atoms in total. The molecule has 152 valence electrons. The predicted molar refractivity (Wildman–Crippen MR) is 115 cm³/mol. The fourth-order valence-electron chi connectivity index (χ4n) is 2.63. The van der Waals surface area contributed by atoms with E-state index in [1.807, 2.05) is 35.0 Å². The Hall–Kier alpha value is -2.69. The molecule has 0 aliphatic carbocycles. The summed E-state index contributed by atoms with van der Waals surface area (Å²) in [6.07, 6.45) is 1.05. The van der Waals surface area contributed by atoms with Gasteiger partial charge in [-0.05, 0) is 24.1 Å². The lowest BCUT2D eigenvalue weighted by Crippen LogP contribution is -2.35. The molecule has 1 aliphatic rings. The number of benzene rings is 1. The first-order valence-corrected chi connectivity index (χ1v) is 11.0. The molecule has 3 N–H and O–H groups in total. The molecule has 1 aliphatic heterocycles. The molecule has 0 unspecified atom stereocenters. The number of ether oxygens (including phenoxy) is 2. The topological polar surface area (TPSA) is 101 Å². The number of nitrogens with zero attached hydrogens (tertiary/aromatic N) is 3. The number of hydrogen-bond acceptors (Lipinski definition) is 10. The Morgan fingerprint density at radius 2 is 1.97 bits per heavy atom. The first-order valence-electron chi connectivity index (χ1n) is 9.22. The number of anilines is 1. The van der Waals surface area contributed by atoms with E-state index in [9.17, 15) is 0 Å². The fraction of sp³-hybridized carbons (Fsp3) is 0.316. The van der Waals surface area contributed by atoms with Crippen LogP contribution in [0.5, 0.6) is 10.9 Å². The maximum atomic E-state index is 9.16. The van der Waals surface area contributed by atoms with E-state index in [2.05, 4.69) is 25.6 Å². The highest BCUT2D eigenvalue weighted by atomic mass is 32.1. The van der Waals surface area contributed by atoms with Gasteiger partial charge in [-0.25, -0.2) is 9.97 Å². The summed E-state index contributed by atoms with van der Waals surface area (Å²) in [5.41, 5.74) is 2.40. The van der Waals surface area contributed by atoms with Crippen LogP contribution in [0.1, 0.15) is 12.0 Å². The number of guanidine groups is 1. The zero-order chi connectivity index (χ0) is 19.9. The van der Waals surface area contributed by atoms with Crippen LogP contribution in [0.2, 0.25) is 0 Å². The van der Waals surface area contributed by atoms with Crippen LogP contribution < -0.4 is 20.1 Å². The Labute approximate surface area is 176 Å². The number of hydrogen-bond donors (Lipinski definition) is 3. The predicted octanol–water partition coefficient (Wildman–Crippen LogP) is 2.98. The molecule has 0 bridgehead atoms. The molecule has 0 amide bonds. The standard InChI is InChI=1S/C19H21N5O3S2/c25-10-13-3-1-4-14(9-13)26-7-8-27-19-23-16(12-29-19)15-11-28-18(22-15)24-17-20-5-2-6-21-17/h1,3-4,9,11-12,25H,2,5-8,10H2,(H2,20,21,22,24). The van der Waals surface area contributed by atoms with E-state index in [1.165, 1.54) is 22.7 Å². The molecular weight excluding hydrogens is 410 g/mol. The van der Waals surface area contributed by atoms with Crippen molar-refractivity contribution in [3.05, 3.63) is 40.6 Å². The maximum Gasteiger partial charge on any atom is 0.273 e. The van der Waals surface area contributed by atoms with Crippen LogP contribution in [-0.4, -0.2) is 47.3 Å². The van der Waals surface area contributed by atoms with Gasteiger partial charge < -0.3 is 25.2 Å².